The van der Waals surface area contributed by atoms with E-state index in [1.807, 2.05) is 25.1 Å². The lowest BCUT2D eigenvalue weighted by Crippen LogP contribution is -2.21. The van der Waals surface area contributed by atoms with Crippen molar-refractivity contribution in [2.45, 2.75) is 20.0 Å². The monoisotopic (exact) mass is 256 g/mol. The zero-order chi connectivity index (χ0) is 12.8. The van der Waals surface area contributed by atoms with Crippen molar-refractivity contribution in [3.8, 4) is 0 Å². The lowest BCUT2D eigenvalue weighted by molar-refractivity contribution is -0.114. The van der Waals surface area contributed by atoms with Gasteiger partial charge in [-0.1, -0.05) is 6.07 Å². The van der Waals surface area contributed by atoms with Gasteiger partial charge in [0.1, 0.15) is 0 Å². The van der Waals surface area contributed by atoms with Crippen LogP contribution in [0.4, 0.5) is 11.4 Å². The second-order valence-corrected chi connectivity index (χ2v) is 4.23. The van der Waals surface area contributed by atoms with Crippen LogP contribution in [0.2, 0.25) is 0 Å². The average Bonchev–Trinajstić information content (AvgIpc) is 2.26. The Kier molecular flexibility index (Phi) is 5.25. The molecule has 0 saturated heterocycles. The Balaban J connectivity index is 2.78. The zero-order valence-electron chi connectivity index (χ0n) is 9.96. The number of hydrogen-bond acceptors (Lipinski definition) is 3. The Morgan fingerprint density at radius 3 is 2.76 bits per heavy atom. The molecule has 1 amide bonds. The summed E-state index contributed by atoms with van der Waals surface area (Å²) in [5.74, 6) is 0.0467. The SMILES string of the molecule is CC(=O)Nc1cc(C)ccc1NCC(O)CCl. The number of benzene rings is 1. The summed E-state index contributed by atoms with van der Waals surface area (Å²) < 4.78 is 0. The van der Waals surface area contributed by atoms with Crippen LogP contribution >= 0.6 is 11.6 Å². The van der Waals surface area contributed by atoms with Gasteiger partial charge < -0.3 is 15.7 Å². The predicted molar refractivity (Wildman–Crippen MR) is 70.7 cm³/mol. The third kappa shape index (κ3) is 4.63. The number of hydrogen-bond donors (Lipinski definition) is 3. The molecular weight excluding hydrogens is 240 g/mol. The number of aliphatic hydroxyl groups excluding tert-OH is 1. The standard InChI is InChI=1S/C12H17ClN2O2/c1-8-3-4-11(14-7-10(17)6-13)12(5-8)15-9(2)16/h3-5,10,14,17H,6-7H2,1-2H3,(H,15,16). The van der Waals surface area contributed by atoms with E-state index in [1.165, 1.54) is 6.92 Å². The highest BCUT2D eigenvalue weighted by molar-refractivity contribution is 6.18. The van der Waals surface area contributed by atoms with Gasteiger partial charge in [-0.25, -0.2) is 0 Å². The fraction of sp³-hybridized carbons (Fsp3) is 0.417. The summed E-state index contributed by atoms with van der Waals surface area (Å²) in [6.07, 6.45) is -0.608. The molecule has 1 atom stereocenters. The van der Waals surface area contributed by atoms with E-state index in [-0.39, 0.29) is 11.8 Å². The number of halogens is 1. The van der Waals surface area contributed by atoms with E-state index in [0.29, 0.717) is 12.2 Å². The van der Waals surface area contributed by atoms with Crippen LogP contribution in [-0.4, -0.2) is 29.5 Å². The number of carbonyl (C=O) groups excluding carboxylic acids is 1. The van der Waals surface area contributed by atoms with Crippen molar-refractivity contribution in [2.24, 2.45) is 0 Å². The molecule has 94 valence electrons. The molecule has 0 aromatic heterocycles. The molecule has 1 aromatic carbocycles. The molecule has 0 radical (unpaired) electrons. The Hall–Kier alpha value is -1.26. The topological polar surface area (TPSA) is 61.4 Å². The first-order valence-corrected chi connectivity index (χ1v) is 5.92. The maximum Gasteiger partial charge on any atom is 0.221 e. The first-order chi connectivity index (χ1) is 8.02. The summed E-state index contributed by atoms with van der Waals surface area (Å²) in [6, 6.07) is 5.67. The van der Waals surface area contributed by atoms with Gasteiger partial charge in [-0.3, -0.25) is 4.79 Å². The molecule has 4 nitrogen and oxygen atoms in total. The van der Waals surface area contributed by atoms with Crippen LogP contribution < -0.4 is 10.6 Å². The Labute approximate surface area is 106 Å². The van der Waals surface area contributed by atoms with Crippen molar-refractivity contribution in [2.75, 3.05) is 23.1 Å². The summed E-state index contributed by atoms with van der Waals surface area (Å²) >= 11 is 5.51. The van der Waals surface area contributed by atoms with Gasteiger partial charge in [0, 0.05) is 13.5 Å². The Bertz CT molecular complexity index is 396. The van der Waals surface area contributed by atoms with E-state index < -0.39 is 6.10 Å². The highest BCUT2D eigenvalue weighted by Gasteiger charge is 2.06. The molecule has 0 spiro atoms. The number of anilines is 2. The highest BCUT2D eigenvalue weighted by atomic mass is 35.5. The molecule has 3 N–H and O–H groups in total. The van der Waals surface area contributed by atoms with Gasteiger partial charge in [-0.05, 0) is 24.6 Å². The van der Waals surface area contributed by atoms with Crippen LogP contribution in [0.25, 0.3) is 0 Å². The van der Waals surface area contributed by atoms with Crippen molar-refractivity contribution in [1.29, 1.82) is 0 Å². The van der Waals surface area contributed by atoms with Crippen LogP contribution in [-0.2, 0) is 4.79 Å². The van der Waals surface area contributed by atoms with Crippen molar-refractivity contribution in [3.05, 3.63) is 23.8 Å². The molecule has 5 heteroatoms. The second kappa shape index (κ2) is 6.47. The smallest absolute Gasteiger partial charge is 0.221 e. The molecule has 1 aromatic rings. The van der Waals surface area contributed by atoms with Gasteiger partial charge in [-0.15, -0.1) is 11.6 Å². The number of carbonyl (C=O) groups is 1. The Morgan fingerprint density at radius 2 is 2.18 bits per heavy atom. The first kappa shape index (κ1) is 13.8. The average molecular weight is 257 g/mol. The summed E-state index contributed by atoms with van der Waals surface area (Å²) in [4.78, 5) is 11.1. The highest BCUT2D eigenvalue weighted by Crippen LogP contribution is 2.23. The summed E-state index contributed by atoms with van der Waals surface area (Å²) in [7, 11) is 0. The maximum atomic E-state index is 11.1. The first-order valence-electron chi connectivity index (χ1n) is 5.39. The minimum absolute atomic E-state index is 0.128. The number of nitrogens with one attached hydrogen (secondary N) is 2. The lowest BCUT2D eigenvalue weighted by atomic mass is 10.2. The van der Waals surface area contributed by atoms with Gasteiger partial charge in [0.05, 0.1) is 23.4 Å². The third-order valence-electron chi connectivity index (χ3n) is 2.19. The largest absolute Gasteiger partial charge is 0.390 e. The minimum Gasteiger partial charge on any atom is -0.390 e. The van der Waals surface area contributed by atoms with E-state index in [2.05, 4.69) is 10.6 Å². The molecule has 0 saturated carbocycles. The normalized spacial score (nSPS) is 12.0. The van der Waals surface area contributed by atoms with E-state index in [1.54, 1.807) is 0 Å². The molecule has 0 bridgehead atoms. The van der Waals surface area contributed by atoms with Crippen LogP contribution in [0, 0.1) is 6.92 Å². The van der Waals surface area contributed by atoms with Crippen LogP contribution in [0.1, 0.15) is 12.5 Å². The second-order valence-electron chi connectivity index (χ2n) is 3.92. The van der Waals surface area contributed by atoms with Crippen molar-refractivity contribution >= 4 is 28.9 Å². The predicted octanol–water partition coefficient (Wildman–Crippen LogP) is 1.97. The number of amides is 1. The van der Waals surface area contributed by atoms with Gasteiger partial charge >= 0.3 is 0 Å². The molecule has 17 heavy (non-hydrogen) atoms. The minimum atomic E-state index is -0.608. The van der Waals surface area contributed by atoms with Gasteiger partial charge in [-0.2, -0.15) is 0 Å². The van der Waals surface area contributed by atoms with Crippen molar-refractivity contribution < 1.29 is 9.90 Å². The molecular formula is C12H17ClN2O2. The Morgan fingerprint density at radius 1 is 1.47 bits per heavy atom. The summed E-state index contributed by atoms with van der Waals surface area (Å²) in [5.41, 5.74) is 2.53. The van der Waals surface area contributed by atoms with E-state index in [4.69, 9.17) is 11.6 Å². The number of rotatable bonds is 5. The van der Waals surface area contributed by atoms with Gasteiger partial charge in [0.15, 0.2) is 0 Å². The van der Waals surface area contributed by atoms with Gasteiger partial charge in [0.25, 0.3) is 0 Å². The third-order valence-corrected chi connectivity index (χ3v) is 2.55. The van der Waals surface area contributed by atoms with E-state index in [0.717, 1.165) is 11.3 Å². The quantitative estimate of drug-likeness (QED) is 0.706. The lowest BCUT2D eigenvalue weighted by Gasteiger charge is -2.15. The molecule has 0 fully saturated rings. The number of aliphatic hydroxyl groups is 1. The zero-order valence-corrected chi connectivity index (χ0v) is 10.7. The summed E-state index contributed by atoms with van der Waals surface area (Å²) in [6.45, 7) is 3.75. The van der Waals surface area contributed by atoms with E-state index in [9.17, 15) is 9.90 Å². The van der Waals surface area contributed by atoms with E-state index >= 15 is 0 Å². The van der Waals surface area contributed by atoms with Gasteiger partial charge in [0.2, 0.25) is 5.91 Å². The maximum absolute atomic E-state index is 11.1. The van der Waals surface area contributed by atoms with Crippen LogP contribution in [0.5, 0.6) is 0 Å². The molecule has 0 aliphatic heterocycles. The van der Waals surface area contributed by atoms with Crippen LogP contribution in [0.3, 0.4) is 0 Å². The summed E-state index contributed by atoms with van der Waals surface area (Å²) in [5, 5.41) is 15.2. The molecule has 0 aliphatic carbocycles. The molecule has 0 aliphatic rings. The number of aryl methyl sites for hydroxylation is 1. The molecule has 1 rings (SSSR count). The van der Waals surface area contributed by atoms with Crippen LogP contribution in [0.15, 0.2) is 18.2 Å². The fourth-order valence-electron chi connectivity index (χ4n) is 1.39. The number of alkyl halides is 1. The van der Waals surface area contributed by atoms with Crippen molar-refractivity contribution in [3.63, 3.8) is 0 Å². The molecule has 0 heterocycles. The van der Waals surface area contributed by atoms with Crippen molar-refractivity contribution in [1.82, 2.24) is 0 Å². The molecule has 1 unspecified atom stereocenters. The fourth-order valence-corrected chi connectivity index (χ4v) is 1.50.